The summed E-state index contributed by atoms with van der Waals surface area (Å²) in [5.74, 6) is 2.17. The molecule has 1 aromatic rings. The fourth-order valence-electron chi connectivity index (χ4n) is 1.74. The molecule has 0 saturated heterocycles. The Kier molecular flexibility index (Phi) is 6.50. The molecule has 112 valence electrons. The average Bonchev–Trinajstić information content (AvgIpc) is 3.24. The van der Waals surface area contributed by atoms with Gasteiger partial charge in [-0.15, -0.1) is 0 Å². The van der Waals surface area contributed by atoms with E-state index >= 15 is 0 Å². The number of rotatable bonds is 10. The summed E-state index contributed by atoms with van der Waals surface area (Å²) in [6, 6.07) is 1.72. The maximum atomic E-state index is 5.96. The molecule has 1 aliphatic carbocycles. The lowest BCUT2D eigenvalue weighted by atomic mass is 10.4. The third kappa shape index (κ3) is 6.03. The molecule has 1 N–H and O–H groups in total. The van der Waals surface area contributed by atoms with E-state index in [0.29, 0.717) is 24.2 Å². The van der Waals surface area contributed by atoms with Crippen molar-refractivity contribution in [1.82, 2.24) is 9.97 Å². The van der Waals surface area contributed by atoms with Gasteiger partial charge in [0.15, 0.2) is 5.82 Å². The molecule has 1 aromatic heterocycles. The van der Waals surface area contributed by atoms with Gasteiger partial charge in [-0.3, -0.25) is 0 Å². The van der Waals surface area contributed by atoms with Crippen molar-refractivity contribution in [2.45, 2.75) is 32.8 Å². The van der Waals surface area contributed by atoms with Gasteiger partial charge in [0.05, 0.1) is 0 Å². The van der Waals surface area contributed by atoms with Crippen LogP contribution in [0.3, 0.4) is 0 Å². The molecule has 0 unspecified atom stereocenters. The molecule has 0 atom stereocenters. The minimum absolute atomic E-state index is 0.385. The second-order valence-corrected chi connectivity index (χ2v) is 5.32. The van der Waals surface area contributed by atoms with Crippen LogP contribution in [0.5, 0.6) is 0 Å². The Morgan fingerprint density at radius 2 is 2.20 bits per heavy atom. The van der Waals surface area contributed by atoms with Gasteiger partial charge >= 0.3 is 0 Å². The molecule has 0 aromatic carbocycles. The highest BCUT2D eigenvalue weighted by Gasteiger charge is 2.20. The zero-order chi connectivity index (χ0) is 14.2. The van der Waals surface area contributed by atoms with Gasteiger partial charge in [-0.2, -0.15) is 0 Å². The van der Waals surface area contributed by atoms with Crippen molar-refractivity contribution in [1.29, 1.82) is 0 Å². The topological polar surface area (TPSA) is 56.3 Å². The predicted octanol–water partition coefficient (Wildman–Crippen LogP) is 2.90. The molecule has 0 bridgehead atoms. The zero-order valence-electron chi connectivity index (χ0n) is 11.9. The standard InChI is InChI=1S/C14H22ClN3O2/c1-2-19-10-14-17-12(15)8-13(18-14)16-6-3-7-20-9-11-4-5-11/h8,11H,2-7,9-10H2,1H3,(H,16,17,18). The molecular formula is C14H22ClN3O2. The average molecular weight is 300 g/mol. The number of hydrogen-bond donors (Lipinski definition) is 1. The first-order chi connectivity index (χ1) is 9.78. The maximum Gasteiger partial charge on any atom is 0.158 e. The van der Waals surface area contributed by atoms with E-state index in [-0.39, 0.29) is 0 Å². The second kappa shape index (κ2) is 8.39. The van der Waals surface area contributed by atoms with E-state index in [2.05, 4.69) is 15.3 Å². The lowest BCUT2D eigenvalue weighted by molar-refractivity contribution is 0.124. The van der Waals surface area contributed by atoms with E-state index in [1.165, 1.54) is 12.8 Å². The monoisotopic (exact) mass is 299 g/mol. The van der Waals surface area contributed by atoms with Gasteiger partial charge in [0.25, 0.3) is 0 Å². The van der Waals surface area contributed by atoms with Gasteiger partial charge in [0.1, 0.15) is 17.6 Å². The molecule has 6 heteroatoms. The highest BCUT2D eigenvalue weighted by molar-refractivity contribution is 6.29. The number of ether oxygens (including phenoxy) is 2. The summed E-state index contributed by atoms with van der Waals surface area (Å²) in [6.07, 6.45) is 3.62. The summed E-state index contributed by atoms with van der Waals surface area (Å²) >= 11 is 5.96. The molecule has 0 radical (unpaired) electrons. The Labute approximate surface area is 125 Å². The van der Waals surface area contributed by atoms with Crippen LogP contribution in [0.2, 0.25) is 5.15 Å². The smallest absolute Gasteiger partial charge is 0.158 e. The van der Waals surface area contributed by atoms with Gasteiger partial charge in [-0.25, -0.2) is 9.97 Å². The van der Waals surface area contributed by atoms with Crippen LogP contribution in [0.4, 0.5) is 5.82 Å². The van der Waals surface area contributed by atoms with Crippen LogP contribution >= 0.6 is 11.6 Å². The molecule has 20 heavy (non-hydrogen) atoms. The summed E-state index contributed by atoms with van der Waals surface area (Å²) in [7, 11) is 0. The normalized spacial score (nSPS) is 14.5. The summed E-state index contributed by atoms with van der Waals surface area (Å²) in [4.78, 5) is 8.47. The number of aromatic nitrogens is 2. The van der Waals surface area contributed by atoms with E-state index in [0.717, 1.165) is 37.9 Å². The number of halogens is 1. The molecule has 0 aliphatic heterocycles. The summed E-state index contributed by atoms with van der Waals surface area (Å²) in [5.41, 5.74) is 0. The van der Waals surface area contributed by atoms with E-state index in [4.69, 9.17) is 21.1 Å². The van der Waals surface area contributed by atoms with Gasteiger partial charge in [0.2, 0.25) is 0 Å². The highest BCUT2D eigenvalue weighted by atomic mass is 35.5. The number of hydrogen-bond acceptors (Lipinski definition) is 5. The largest absolute Gasteiger partial charge is 0.381 e. The van der Waals surface area contributed by atoms with Crippen molar-refractivity contribution in [2.24, 2.45) is 5.92 Å². The quantitative estimate of drug-likeness (QED) is 0.532. The number of nitrogens with zero attached hydrogens (tertiary/aromatic N) is 2. The van der Waals surface area contributed by atoms with Gasteiger partial charge in [-0.1, -0.05) is 11.6 Å². The van der Waals surface area contributed by atoms with Crippen molar-refractivity contribution >= 4 is 17.4 Å². The van der Waals surface area contributed by atoms with Crippen molar-refractivity contribution in [3.05, 3.63) is 17.0 Å². The van der Waals surface area contributed by atoms with Crippen LogP contribution in [0.1, 0.15) is 32.0 Å². The Hall–Kier alpha value is -0.910. The molecule has 2 rings (SSSR count). The summed E-state index contributed by atoms with van der Waals surface area (Å²) in [5, 5.41) is 3.67. The fourth-order valence-corrected chi connectivity index (χ4v) is 1.94. The van der Waals surface area contributed by atoms with E-state index in [9.17, 15) is 0 Å². The third-order valence-electron chi connectivity index (χ3n) is 3.00. The number of anilines is 1. The van der Waals surface area contributed by atoms with Gasteiger partial charge < -0.3 is 14.8 Å². The van der Waals surface area contributed by atoms with Crippen molar-refractivity contribution in [2.75, 3.05) is 31.7 Å². The molecule has 1 aliphatic rings. The first-order valence-electron chi connectivity index (χ1n) is 7.20. The fraction of sp³-hybridized carbons (Fsp3) is 0.714. The SMILES string of the molecule is CCOCc1nc(Cl)cc(NCCCOCC2CC2)n1. The molecule has 0 spiro atoms. The third-order valence-corrected chi connectivity index (χ3v) is 3.19. The molecule has 1 heterocycles. The van der Waals surface area contributed by atoms with Crippen LogP contribution in [0, 0.1) is 5.92 Å². The van der Waals surface area contributed by atoms with Crippen LogP contribution in [-0.4, -0.2) is 36.3 Å². The lowest BCUT2D eigenvalue weighted by Gasteiger charge is -2.08. The molecule has 5 nitrogen and oxygen atoms in total. The molecule has 1 saturated carbocycles. The Bertz CT molecular complexity index is 413. The van der Waals surface area contributed by atoms with E-state index in [1.54, 1.807) is 6.07 Å². The lowest BCUT2D eigenvalue weighted by Crippen LogP contribution is -2.09. The minimum Gasteiger partial charge on any atom is -0.381 e. The van der Waals surface area contributed by atoms with E-state index in [1.807, 2.05) is 6.92 Å². The second-order valence-electron chi connectivity index (χ2n) is 4.93. The van der Waals surface area contributed by atoms with Crippen LogP contribution in [-0.2, 0) is 16.1 Å². The van der Waals surface area contributed by atoms with Crippen molar-refractivity contribution in [3.8, 4) is 0 Å². The molecular weight excluding hydrogens is 278 g/mol. The zero-order valence-corrected chi connectivity index (χ0v) is 12.7. The van der Waals surface area contributed by atoms with Gasteiger partial charge in [0, 0.05) is 32.4 Å². The Balaban J connectivity index is 1.66. The van der Waals surface area contributed by atoms with Crippen LogP contribution in [0.15, 0.2) is 6.07 Å². The molecule has 1 fully saturated rings. The Morgan fingerprint density at radius 1 is 1.35 bits per heavy atom. The first kappa shape index (κ1) is 15.5. The highest BCUT2D eigenvalue weighted by Crippen LogP contribution is 2.28. The van der Waals surface area contributed by atoms with Crippen LogP contribution < -0.4 is 5.32 Å². The van der Waals surface area contributed by atoms with Gasteiger partial charge in [-0.05, 0) is 32.1 Å². The predicted molar refractivity (Wildman–Crippen MR) is 79.0 cm³/mol. The first-order valence-corrected chi connectivity index (χ1v) is 7.58. The minimum atomic E-state index is 0.385. The van der Waals surface area contributed by atoms with Crippen molar-refractivity contribution in [3.63, 3.8) is 0 Å². The maximum absolute atomic E-state index is 5.96. The summed E-state index contributed by atoms with van der Waals surface area (Å²) < 4.78 is 10.9. The van der Waals surface area contributed by atoms with E-state index < -0.39 is 0 Å². The summed E-state index contributed by atoms with van der Waals surface area (Å²) in [6.45, 7) is 5.47. The van der Waals surface area contributed by atoms with Crippen molar-refractivity contribution < 1.29 is 9.47 Å². The Morgan fingerprint density at radius 3 is 2.95 bits per heavy atom. The number of nitrogens with one attached hydrogen (secondary N) is 1. The molecule has 0 amide bonds. The van der Waals surface area contributed by atoms with Crippen LogP contribution in [0.25, 0.3) is 0 Å².